The molecule has 1 aliphatic rings. The van der Waals surface area contributed by atoms with Crippen LogP contribution in [0.15, 0.2) is 71.0 Å². The van der Waals surface area contributed by atoms with Crippen molar-refractivity contribution in [2.24, 2.45) is 0 Å². The van der Waals surface area contributed by atoms with Gasteiger partial charge in [-0.2, -0.15) is 0 Å². The Balaban J connectivity index is 1.77. The number of furan rings is 1. The van der Waals surface area contributed by atoms with Crippen molar-refractivity contribution in [3.8, 4) is 5.75 Å². The number of hydrogen-bond acceptors (Lipinski definition) is 5. The summed E-state index contributed by atoms with van der Waals surface area (Å²) in [6.45, 7) is 6.45. The quantitative estimate of drug-likeness (QED) is 0.566. The molecule has 158 valence electrons. The van der Waals surface area contributed by atoms with Crippen molar-refractivity contribution in [1.82, 2.24) is 4.90 Å². The Morgan fingerprint density at radius 1 is 1.00 bits per heavy atom. The number of rotatable bonds is 7. The molecule has 1 aliphatic heterocycles. The third-order valence-corrected chi connectivity index (χ3v) is 5.13. The van der Waals surface area contributed by atoms with Crippen LogP contribution in [-0.2, 0) is 16.1 Å². The molecule has 0 saturated carbocycles. The van der Waals surface area contributed by atoms with E-state index in [9.17, 15) is 9.59 Å². The van der Waals surface area contributed by atoms with Gasteiger partial charge in [-0.15, -0.1) is 0 Å². The van der Waals surface area contributed by atoms with Gasteiger partial charge < -0.3 is 14.5 Å². The van der Waals surface area contributed by atoms with Gasteiger partial charge >= 0.3 is 0 Å². The summed E-state index contributed by atoms with van der Waals surface area (Å²) in [5.41, 5.74) is 4.02. The molecule has 1 aromatic heterocycles. The van der Waals surface area contributed by atoms with Gasteiger partial charge in [0.15, 0.2) is 0 Å². The van der Waals surface area contributed by atoms with Crippen molar-refractivity contribution in [2.75, 3.05) is 11.9 Å². The molecular weight excluding hydrogens is 392 g/mol. The fourth-order valence-electron chi connectivity index (χ4n) is 3.71. The first kappa shape index (κ1) is 20.5. The predicted molar refractivity (Wildman–Crippen MR) is 118 cm³/mol. The lowest BCUT2D eigenvalue weighted by molar-refractivity contribution is -0.137. The highest BCUT2D eigenvalue weighted by Crippen LogP contribution is 2.34. The maximum Gasteiger partial charge on any atom is 0.278 e. The summed E-state index contributed by atoms with van der Waals surface area (Å²) in [7, 11) is 0. The molecular formula is C25H24N2O4. The van der Waals surface area contributed by atoms with Crippen LogP contribution in [0.3, 0.4) is 0 Å². The van der Waals surface area contributed by atoms with E-state index in [1.165, 1.54) is 11.2 Å². The van der Waals surface area contributed by atoms with Crippen LogP contribution in [0.1, 0.15) is 29.4 Å². The summed E-state index contributed by atoms with van der Waals surface area (Å²) in [5, 5.41) is 3.18. The van der Waals surface area contributed by atoms with Gasteiger partial charge in [-0.25, -0.2) is 0 Å². The third-order valence-electron chi connectivity index (χ3n) is 5.13. The average Bonchev–Trinajstić information content (AvgIpc) is 3.33. The van der Waals surface area contributed by atoms with Crippen LogP contribution >= 0.6 is 0 Å². The number of carbonyl (C=O) groups excluding carboxylic acids is 2. The molecule has 6 heteroatoms. The van der Waals surface area contributed by atoms with Crippen molar-refractivity contribution in [3.05, 3.63) is 89.0 Å². The molecule has 3 aromatic rings. The molecule has 31 heavy (non-hydrogen) atoms. The summed E-state index contributed by atoms with van der Waals surface area (Å²) in [4.78, 5) is 27.9. The van der Waals surface area contributed by atoms with Crippen LogP contribution in [-0.4, -0.2) is 23.3 Å². The topological polar surface area (TPSA) is 71.8 Å². The minimum atomic E-state index is -0.391. The molecule has 1 N–H and O–H groups in total. The number of benzene rings is 2. The Morgan fingerprint density at radius 2 is 1.84 bits per heavy atom. The number of hydrogen-bond donors (Lipinski definition) is 1. The van der Waals surface area contributed by atoms with Gasteiger partial charge in [-0.1, -0.05) is 29.8 Å². The number of imide groups is 1. The molecule has 2 amide bonds. The third kappa shape index (κ3) is 4.10. The van der Waals surface area contributed by atoms with Gasteiger partial charge in [0.2, 0.25) is 0 Å². The zero-order valence-electron chi connectivity index (χ0n) is 17.8. The molecule has 0 spiro atoms. The lowest BCUT2D eigenvalue weighted by Crippen LogP contribution is -2.31. The largest absolute Gasteiger partial charge is 0.494 e. The van der Waals surface area contributed by atoms with Gasteiger partial charge in [0.1, 0.15) is 17.2 Å². The van der Waals surface area contributed by atoms with Crippen LogP contribution in [0.2, 0.25) is 0 Å². The highest BCUT2D eigenvalue weighted by molar-refractivity contribution is 6.36. The van der Waals surface area contributed by atoms with E-state index in [2.05, 4.69) is 5.32 Å². The Morgan fingerprint density at radius 3 is 2.55 bits per heavy atom. The first-order chi connectivity index (χ1) is 15.0. The fraction of sp³-hybridized carbons (Fsp3) is 0.200. The van der Waals surface area contributed by atoms with Gasteiger partial charge in [-0.3, -0.25) is 14.5 Å². The lowest BCUT2D eigenvalue weighted by atomic mass is 9.97. The molecule has 0 bridgehead atoms. The van der Waals surface area contributed by atoms with Gasteiger partial charge in [0.25, 0.3) is 11.8 Å². The van der Waals surface area contributed by atoms with Crippen LogP contribution < -0.4 is 10.1 Å². The van der Waals surface area contributed by atoms with Gasteiger partial charge in [0.05, 0.1) is 25.0 Å². The van der Waals surface area contributed by atoms with E-state index in [4.69, 9.17) is 9.15 Å². The van der Waals surface area contributed by atoms with E-state index in [1.54, 1.807) is 12.1 Å². The number of nitrogens with one attached hydrogen (secondary N) is 1. The predicted octanol–water partition coefficient (Wildman–Crippen LogP) is 4.69. The van der Waals surface area contributed by atoms with Gasteiger partial charge in [0, 0.05) is 11.8 Å². The SMILES string of the molecule is CCOc1cccc(NC2=C(c3ccc(C)cc3C)C(=O)N(Cc3ccco3)C2=O)c1. The van der Waals surface area contributed by atoms with E-state index in [-0.39, 0.29) is 18.1 Å². The minimum absolute atomic E-state index is 0.0727. The molecule has 6 nitrogen and oxygen atoms in total. The number of ether oxygens (including phenoxy) is 1. The van der Waals surface area contributed by atoms with Crippen molar-refractivity contribution >= 4 is 23.1 Å². The Labute approximate surface area is 181 Å². The highest BCUT2D eigenvalue weighted by atomic mass is 16.5. The molecule has 0 atom stereocenters. The summed E-state index contributed by atoms with van der Waals surface area (Å²) in [6, 6.07) is 16.6. The van der Waals surface area contributed by atoms with Crippen molar-refractivity contribution in [2.45, 2.75) is 27.3 Å². The van der Waals surface area contributed by atoms with Crippen LogP contribution in [0.25, 0.3) is 5.57 Å². The summed E-state index contributed by atoms with van der Waals surface area (Å²) in [5.74, 6) is 0.488. The Hall–Kier alpha value is -3.80. The fourth-order valence-corrected chi connectivity index (χ4v) is 3.71. The second kappa shape index (κ2) is 8.52. The molecule has 0 aliphatic carbocycles. The maximum atomic E-state index is 13.4. The Kier molecular flexibility index (Phi) is 5.62. The molecule has 4 rings (SSSR count). The van der Waals surface area contributed by atoms with E-state index in [0.717, 1.165) is 16.7 Å². The number of carbonyl (C=O) groups is 2. The van der Waals surface area contributed by atoms with Crippen molar-refractivity contribution in [1.29, 1.82) is 0 Å². The summed E-state index contributed by atoms with van der Waals surface area (Å²) >= 11 is 0. The summed E-state index contributed by atoms with van der Waals surface area (Å²) < 4.78 is 10.9. The lowest BCUT2D eigenvalue weighted by Gasteiger charge is -2.14. The Bertz CT molecular complexity index is 1160. The van der Waals surface area contributed by atoms with E-state index < -0.39 is 5.91 Å². The molecule has 0 radical (unpaired) electrons. The molecule has 0 unspecified atom stereocenters. The maximum absolute atomic E-state index is 13.4. The summed E-state index contributed by atoms with van der Waals surface area (Å²) in [6.07, 6.45) is 1.53. The number of aryl methyl sites for hydroxylation is 2. The minimum Gasteiger partial charge on any atom is -0.494 e. The molecule has 2 aromatic carbocycles. The first-order valence-electron chi connectivity index (χ1n) is 10.2. The highest BCUT2D eigenvalue weighted by Gasteiger charge is 2.40. The average molecular weight is 416 g/mol. The second-order valence-electron chi connectivity index (χ2n) is 7.43. The smallest absolute Gasteiger partial charge is 0.278 e. The first-order valence-corrected chi connectivity index (χ1v) is 10.2. The van der Waals surface area contributed by atoms with Gasteiger partial charge in [-0.05, 0) is 56.2 Å². The zero-order valence-corrected chi connectivity index (χ0v) is 17.8. The molecule has 0 saturated heterocycles. The van der Waals surface area contributed by atoms with E-state index >= 15 is 0 Å². The van der Waals surface area contributed by atoms with Crippen molar-refractivity contribution in [3.63, 3.8) is 0 Å². The van der Waals surface area contributed by atoms with E-state index in [1.807, 2.05) is 63.2 Å². The number of amides is 2. The normalized spacial score (nSPS) is 13.8. The molecule has 0 fully saturated rings. The zero-order chi connectivity index (χ0) is 22.0. The van der Waals surface area contributed by atoms with Crippen LogP contribution in [0.4, 0.5) is 5.69 Å². The number of anilines is 1. The van der Waals surface area contributed by atoms with Crippen LogP contribution in [0, 0.1) is 13.8 Å². The van der Waals surface area contributed by atoms with E-state index in [0.29, 0.717) is 29.4 Å². The standard InChI is InChI=1S/C25H24N2O4/c1-4-30-19-8-5-7-18(14-19)26-23-22(21-11-10-16(2)13-17(21)3)24(28)27(25(23)29)15-20-9-6-12-31-20/h5-14,26H,4,15H2,1-3H3. The van der Waals surface area contributed by atoms with Crippen LogP contribution in [0.5, 0.6) is 5.75 Å². The van der Waals surface area contributed by atoms with Crippen molar-refractivity contribution < 1.29 is 18.7 Å². The second-order valence-corrected chi connectivity index (χ2v) is 7.43. The number of nitrogens with zero attached hydrogens (tertiary/aromatic N) is 1. The monoisotopic (exact) mass is 416 g/mol. The molecule has 2 heterocycles.